The van der Waals surface area contributed by atoms with E-state index in [9.17, 15) is 134 Å². The number of nitriles is 1. The van der Waals surface area contributed by atoms with Crippen molar-refractivity contribution in [1.29, 1.82) is 5.26 Å². The van der Waals surface area contributed by atoms with Crippen LogP contribution in [-0.4, -0.2) is 149 Å². The molecule has 0 spiro atoms. The number of anilines is 1. The maximum absolute atomic E-state index is 13.4. The van der Waals surface area contributed by atoms with Crippen LogP contribution in [0.5, 0.6) is 28.7 Å². The zero-order valence-corrected chi connectivity index (χ0v) is 60.8. The molecule has 9 aromatic carbocycles. The lowest BCUT2D eigenvalue weighted by Gasteiger charge is -2.15. The van der Waals surface area contributed by atoms with Crippen LogP contribution in [0.15, 0.2) is 178 Å². The average Bonchev–Trinajstić information content (AvgIpc) is 0.743. The van der Waals surface area contributed by atoms with Gasteiger partial charge in [0.1, 0.15) is 82.7 Å². The molecule has 0 bridgehead atoms. The summed E-state index contributed by atoms with van der Waals surface area (Å²) >= 11 is 0. The number of nitro benzene ring substituents is 1. The van der Waals surface area contributed by atoms with E-state index in [1.165, 1.54) is 19.9 Å². The number of nitrogen functional groups attached to an aromatic ring is 1. The number of hydrogen-bond donors (Lipinski definition) is 12. The predicted molar refractivity (Wildman–Crippen MR) is 374 cm³/mol. The lowest BCUT2D eigenvalue weighted by Crippen LogP contribution is -2.08. The number of fused-ring (bicyclic) bond motifs is 3. The van der Waals surface area contributed by atoms with Crippen LogP contribution in [0.3, 0.4) is 0 Å². The van der Waals surface area contributed by atoms with E-state index in [1.807, 2.05) is 0 Å². The van der Waals surface area contributed by atoms with Gasteiger partial charge in [-0.2, -0.15) is 82.8 Å². The highest BCUT2D eigenvalue weighted by Gasteiger charge is 2.32. The fourth-order valence-corrected chi connectivity index (χ4v) is 14.9. The number of benzene rings is 9. The van der Waals surface area contributed by atoms with Gasteiger partial charge in [0.15, 0.2) is 11.5 Å². The molecule has 9 rings (SSSR count). The van der Waals surface area contributed by atoms with Crippen LogP contribution in [0, 0.1) is 35.3 Å². The Kier molecular flexibility index (Phi) is 22.8. The third-order valence-corrected chi connectivity index (χ3v) is 21.8. The molecule has 0 saturated heterocycles. The Balaban J connectivity index is 1.13. The quantitative estimate of drug-likeness (QED) is 0.00568. The molecule has 0 radical (unpaired) electrons. The number of aryl methyl sites for hydroxylation is 2. The van der Waals surface area contributed by atoms with Gasteiger partial charge in [-0.25, -0.2) is 0 Å². The van der Waals surface area contributed by atoms with Crippen molar-refractivity contribution in [1.82, 2.24) is 0 Å². The Morgan fingerprint density at radius 3 is 1.36 bits per heavy atom. The second-order valence-electron chi connectivity index (χ2n) is 22.5. The van der Waals surface area contributed by atoms with Gasteiger partial charge >= 0.3 is 0 Å². The van der Waals surface area contributed by atoms with E-state index in [2.05, 4.69) is 51.1 Å². The van der Waals surface area contributed by atoms with Gasteiger partial charge < -0.3 is 30.5 Å². The summed E-state index contributed by atoms with van der Waals surface area (Å²) in [6, 6.07) is 14.0. The molecule has 0 heterocycles. The summed E-state index contributed by atoms with van der Waals surface area (Å²) in [7, 11) is -42.0. The van der Waals surface area contributed by atoms with Crippen LogP contribution >= 0.6 is 0 Å². The minimum atomic E-state index is -5.80. The summed E-state index contributed by atoms with van der Waals surface area (Å²) in [4.78, 5) is 2.97. The SMILES string of the molecule is Cc1cc(N=Nc2c(S(=O)(=O)O)cc3c(S(=O)(=O)O)c(N=Nc4cc(S(=O)(=O)O)c5cc(S(=O)(=O)O)c(N=Nc6ccc([N+](=O)[O-])cc6C#N)c(O)c5c4N)ccc3c2O)c(OCCCS(=O)(=O)O)cc1N=Nc1cc(C)c(N=Nc2cc(S(=O)(=O)O)cc3cc(S(=O)(=O)O)cc(O)c23)cc1OCCCS(=O)(=O)O. The Hall–Kier alpha value is -11.3. The molecular formula is C57H47N13O31S8. The molecule has 13 N–H and O–H groups in total. The minimum Gasteiger partial charge on any atom is -0.507 e. The van der Waals surface area contributed by atoms with Crippen LogP contribution in [0.4, 0.5) is 68.2 Å². The van der Waals surface area contributed by atoms with Gasteiger partial charge in [0.25, 0.3) is 86.6 Å². The molecule has 0 fully saturated rings. The van der Waals surface area contributed by atoms with Crippen LogP contribution in [-0.2, 0) is 80.9 Å². The fraction of sp³-hybridized carbons (Fsp3) is 0.140. The van der Waals surface area contributed by atoms with Crippen molar-refractivity contribution in [2.45, 2.75) is 56.1 Å². The lowest BCUT2D eigenvalue weighted by molar-refractivity contribution is -0.384. The lowest BCUT2D eigenvalue weighted by atomic mass is 10.0. The Morgan fingerprint density at radius 2 is 0.881 bits per heavy atom. The predicted octanol–water partition coefficient (Wildman–Crippen LogP) is 11.1. The molecule has 0 aliphatic carbocycles. The standard InChI is InChI=1S/C57H47N13O31S8/c1-26-13-40(45(100-9-3-11-102(76,77)78)23-39(26)63-66-42-18-31(104(82,83)84)16-28-17-32(105(85,86)87)19-44(71)50(28)42)64-62-38-22-46(101-10-4-12-103(79,80)81)41(14-27(38)2)65-68-53-48(107(91,92)93)20-34-33(55(53)72)6-8-37(57(34)109(97,98)99)61-67-43-24-47(106(88,89)90)35-21-49(108(94,95)96)54(56(73)51(35)52(43)59)69-60-36-7-5-30(70(74)75)15-29(36)25-58/h5-8,13-24,71-73H,3-4,9-12,59H2,1-2H3,(H,76,77,78)(H,79,80,81)(H,82,83,84)(H,85,86,87)(H,88,89,90)(H,91,92,93)(H,94,95,96)(H,97,98,99). The van der Waals surface area contributed by atoms with E-state index in [1.54, 1.807) is 6.07 Å². The molecule has 0 aliphatic heterocycles. The van der Waals surface area contributed by atoms with Crippen LogP contribution < -0.4 is 15.2 Å². The average molecular weight is 1670 g/mol. The Bertz CT molecular complexity index is 6610. The molecule has 0 atom stereocenters. The van der Waals surface area contributed by atoms with E-state index in [-0.39, 0.29) is 51.1 Å². The van der Waals surface area contributed by atoms with Gasteiger partial charge in [0, 0.05) is 46.5 Å². The first kappa shape index (κ1) is 81.8. The van der Waals surface area contributed by atoms with Gasteiger partial charge in [-0.3, -0.25) is 46.5 Å². The summed E-state index contributed by atoms with van der Waals surface area (Å²) in [5, 5.41) is 89.8. The van der Waals surface area contributed by atoms with E-state index in [0.717, 1.165) is 60.7 Å². The van der Waals surface area contributed by atoms with Gasteiger partial charge in [0.2, 0.25) is 0 Å². The fourth-order valence-electron chi connectivity index (χ4n) is 10.0. The van der Waals surface area contributed by atoms with Crippen molar-refractivity contribution < 1.29 is 133 Å². The van der Waals surface area contributed by atoms with E-state index in [4.69, 9.17) is 15.2 Å². The summed E-state index contributed by atoms with van der Waals surface area (Å²) in [5.74, 6) is -6.03. The normalized spacial score (nSPS) is 13.1. The zero-order valence-electron chi connectivity index (χ0n) is 54.3. The number of phenols is 3. The number of non-ortho nitro benzene ring substituents is 1. The number of nitrogens with zero attached hydrogens (tertiary/aromatic N) is 12. The van der Waals surface area contributed by atoms with Crippen LogP contribution in [0.25, 0.3) is 32.3 Å². The number of azo groups is 5. The monoisotopic (exact) mass is 1670 g/mol. The topological polar surface area (TPSA) is 731 Å². The number of aromatic hydroxyl groups is 3. The zero-order chi connectivity index (χ0) is 80.8. The molecule has 0 unspecified atom stereocenters. The number of ether oxygens (including phenoxy) is 2. The molecule has 0 amide bonds. The highest BCUT2D eigenvalue weighted by Crippen LogP contribution is 2.51. The van der Waals surface area contributed by atoms with E-state index in [0.29, 0.717) is 30.3 Å². The van der Waals surface area contributed by atoms with Gasteiger partial charge in [-0.05, 0) is 110 Å². The maximum atomic E-state index is 13.4. The van der Waals surface area contributed by atoms with E-state index < -0.39 is 248 Å². The molecule has 44 nitrogen and oxygen atoms in total. The third-order valence-electron chi connectivity index (χ3n) is 14.9. The van der Waals surface area contributed by atoms with Gasteiger partial charge in [-0.1, -0.05) is 0 Å². The smallest absolute Gasteiger partial charge is 0.297 e. The van der Waals surface area contributed by atoms with Crippen LogP contribution in [0.2, 0.25) is 0 Å². The van der Waals surface area contributed by atoms with Crippen LogP contribution in [0.1, 0.15) is 29.5 Å². The van der Waals surface area contributed by atoms with Gasteiger partial charge in [0.05, 0.1) is 78.5 Å². The maximum Gasteiger partial charge on any atom is 0.297 e. The first-order chi connectivity index (χ1) is 50.3. The van der Waals surface area contributed by atoms with Crippen molar-refractivity contribution in [2.24, 2.45) is 51.1 Å². The van der Waals surface area contributed by atoms with Gasteiger partial charge in [-0.15, -0.1) is 40.9 Å². The number of nitrogens with two attached hydrogens (primary N) is 1. The molecule has 574 valence electrons. The third kappa shape index (κ3) is 19.0. The first-order valence-corrected chi connectivity index (χ1v) is 41.0. The molecular weight excluding hydrogens is 1620 g/mol. The largest absolute Gasteiger partial charge is 0.507 e. The molecule has 0 saturated carbocycles. The number of rotatable bonds is 27. The van der Waals surface area contributed by atoms with Crippen molar-refractivity contribution in [3.8, 4) is 34.8 Å². The first-order valence-electron chi connectivity index (χ1n) is 29.2. The highest BCUT2D eigenvalue weighted by atomic mass is 32.2. The molecule has 0 aromatic heterocycles. The summed E-state index contributed by atoms with van der Waals surface area (Å²) in [6.45, 7) is 1.75. The minimum absolute atomic E-state index is 0.0657. The molecule has 109 heavy (non-hydrogen) atoms. The highest BCUT2D eigenvalue weighted by molar-refractivity contribution is 7.87. The van der Waals surface area contributed by atoms with Crippen molar-refractivity contribution >= 4 is 182 Å². The second-order valence-corrected chi connectivity index (χ2v) is 34.0. The number of hydrogen-bond acceptors (Lipinski definition) is 35. The summed E-state index contributed by atoms with van der Waals surface area (Å²) in [6.07, 6.45) is -0.779. The van der Waals surface area contributed by atoms with Crippen molar-refractivity contribution in [3.63, 3.8) is 0 Å². The van der Waals surface area contributed by atoms with Crippen molar-refractivity contribution in [2.75, 3.05) is 30.5 Å². The number of nitro groups is 1. The summed E-state index contributed by atoms with van der Waals surface area (Å²) < 4.78 is 291. The molecule has 0 aliphatic rings. The Labute approximate surface area is 612 Å². The second kappa shape index (κ2) is 30.4. The summed E-state index contributed by atoms with van der Waals surface area (Å²) in [5.41, 5.74) is -1.90. The van der Waals surface area contributed by atoms with E-state index >= 15 is 0 Å². The van der Waals surface area contributed by atoms with Crippen molar-refractivity contribution in [3.05, 3.63) is 124 Å². The molecule has 9 aromatic rings. The number of phenolic OH excluding ortho intramolecular Hbond substituents is 3. The molecule has 52 heteroatoms. The Morgan fingerprint density at radius 1 is 0.440 bits per heavy atom.